The first-order chi connectivity index (χ1) is 9.09. The minimum Gasteiger partial charge on any atom is -0.359 e. The van der Waals surface area contributed by atoms with Gasteiger partial charge in [-0.25, -0.2) is 8.42 Å². The molecule has 0 radical (unpaired) electrons. The molecule has 1 rings (SSSR count). The Hall–Kier alpha value is -1.15. The molecule has 1 heterocycles. The number of nitrogens with one attached hydrogen (secondary N) is 1. The van der Waals surface area contributed by atoms with Gasteiger partial charge in [-0.2, -0.15) is 0 Å². The molecule has 1 saturated heterocycles. The molecule has 20 heavy (non-hydrogen) atoms. The van der Waals surface area contributed by atoms with Crippen molar-refractivity contribution in [1.82, 2.24) is 10.2 Å². The van der Waals surface area contributed by atoms with Crippen LogP contribution in [0.4, 0.5) is 0 Å². The lowest BCUT2D eigenvalue weighted by Crippen LogP contribution is -2.46. The Bertz CT molecular complexity index is 491. The number of carbonyl (C=O) groups is 2. The van der Waals surface area contributed by atoms with E-state index in [0.717, 1.165) is 6.26 Å². The molecular formula is C12H23N3O4S. The summed E-state index contributed by atoms with van der Waals surface area (Å²) < 4.78 is 22.2. The monoisotopic (exact) mass is 305 g/mol. The summed E-state index contributed by atoms with van der Waals surface area (Å²) in [7, 11) is -1.57. The summed E-state index contributed by atoms with van der Waals surface area (Å²) in [5.41, 5.74) is 5.15. The molecule has 1 aliphatic heterocycles. The number of likely N-dealkylation sites (tertiary alicyclic amines) is 1. The van der Waals surface area contributed by atoms with Gasteiger partial charge >= 0.3 is 0 Å². The molecule has 0 aliphatic carbocycles. The van der Waals surface area contributed by atoms with Crippen molar-refractivity contribution in [3.8, 4) is 0 Å². The molecule has 0 aromatic heterocycles. The van der Waals surface area contributed by atoms with Gasteiger partial charge in [-0.15, -0.1) is 0 Å². The Labute approximate surface area is 119 Å². The van der Waals surface area contributed by atoms with Gasteiger partial charge in [0.05, 0.1) is 17.2 Å². The van der Waals surface area contributed by atoms with Crippen molar-refractivity contribution in [3.63, 3.8) is 0 Å². The van der Waals surface area contributed by atoms with Gasteiger partial charge in [-0.1, -0.05) is 0 Å². The second kappa shape index (κ2) is 6.09. The summed E-state index contributed by atoms with van der Waals surface area (Å²) in [6.07, 6.45) is 1.80. The van der Waals surface area contributed by atoms with Crippen LogP contribution in [-0.2, 0) is 19.4 Å². The number of carbonyl (C=O) groups excluding carboxylic acids is 2. The van der Waals surface area contributed by atoms with Crippen LogP contribution >= 0.6 is 0 Å². The second-order valence-corrected chi connectivity index (χ2v) is 7.93. The first-order valence-corrected chi connectivity index (χ1v) is 8.59. The molecule has 8 heteroatoms. The van der Waals surface area contributed by atoms with Crippen molar-refractivity contribution in [2.24, 2.45) is 11.1 Å². The van der Waals surface area contributed by atoms with Gasteiger partial charge in [0.15, 0.2) is 0 Å². The molecule has 2 amide bonds. The summed E-state index contributed by atoms with van der Waals surface area (Å²) in [6, 6.07) is -0.836. The van der Waals surface area contributed by atoms with Crippen LogP contribution in [-0.4, -0.2) is 63.3 Å². The number of hydrogen-bond donors (Lipinski definition) is 2. The van der Waals surface area contributed by atoms with Crippen molar-refractivity contribution < 1.29 is 18.0 Å². The number of nitrogens with zero attached hydrogens (tertiary/aromatic N) is 1. The minimum absolute atomic E-state index is 0.0995. The fourth-order valence-corrected chi connectivity index (χ4v) is 3.02. The number of nitrogens with two attached hydrogens (primary N) is 1. The third-order valence-electron chi connectivity index (χ3n) is 3.68. The number of rotatable bonds is 5. The number of amides is 2. The van der Waals surface area contributed by atoms with E-state index in [2.05, 4.69) is 5.32 Å². The molecule has 2 unspecified atom stereocenters. The van der Waals surface area contributed by atoms with Crippen molar-refractivity contribution in [3.05, 3.63) is 0 Å². The third-order valence-corrected chi connectivity index (χ3v) is 4.65. The van der Waals surface area contributed by atoms with Crippen molar-refractivity contribution in [2.75, 3.05) is 32.1 Å². The van der Waals surface area contributed by atoms with Crippen LogP contribution in [0.15, 0.2) is 0 Å². The van der Waals surface area contributed by atoms with Crippen molar-refractivity contribution in [1.29, 1.82) is 0 Å². The molecule has 3 N–H and O–H groups in total. The second-order valence-electron chi connectivity index (χ2n) is 5.67. The standard InChI is InChI=1S/C12H23N3O4S/c1-12(11(17)14-2)5-6-15(8-12)10(16)9(13)4-7-20(3,18)19/h9H,4-8,13H2,1-3H3,(H,14,17). The van der Waals surface area contributed by atoms with Gasteiger partial charge < -0.3 is 16.0 Å². The van der Waals surface area contributed by atoms with Crippen LogP contribution in [0.1, 0.15) is 19.8 Å². The molecule has 7 nitrogen and oxygen atoms in total. The lowest BCUT2D eigenvalue weighted by atomic mass is 9.89. The maximum absolute atomic E-state index is 12.1. The van der Waals surface area contributed by atoms with E-state index in [1.54, 1.807) is 18.9 Å². The topological polar surface area (TPSA) is 110 Å². The largest absolute Gasteiger partial charge is 0.359 e. The Kier molecular flexibility index (Phi) is 5.15. The maximum Gasteiger partial charge on any atom is 0.239 e. The Morgan fingerprint density at radius 1 is 1.45 bits per heavy atom. The number of hydrogen-bond acceptors (Lipinski definition) is 5. The highest BCUT2D eigenvalue weighted by Gasteiger charge is 2.42. The molecule has 0 saturated carbocycles. The van der Waals surface area contributed by atoms with E-state index in [9.17, 15) is 18.0 Å². The third kappa shape index (κ3) is 4.17. The molecule has 1 aliphatic rings. The first-order valence-electron chi connectivity index (χ1n) is 6.53. The zero-order valence-electron chi connectivity index (χ0n) is 12.2. The Morgan fingerprint density at radius 2 is 2.05 bits per heavy atom. The van der Waals surface area contributed by atoms with Crippen molar-refractivity contribution in [2.45, 2.75) is 25.8 Å². The zero-order valence-corrected chi connectivity index (χ0v) is 13.0. The lowest BCUT2D eigenvalue weighted by molar-refractivity contribution is -0.133. The summed E-state index contributed by atoms with van der Waals surface area (Å²) in [5, 5.41) is 2.59. The maximum atomic E-state index is 12.1. The summed E-state index contributed by atoms with van der Waals surface area (Å²) in [6.45, 7) is 2.59. The van der Waals surface area contributed by atoms with E-state index in [0.29, 0.717) is 19.5 Å². The Morgan fingerprint density at radius 3 is 2.55 bits per heavy atom. The summed E-state index contributed by atoms with van der Waals surface area (Å²) >= 11 is 0. The molecule has 0 spiro atoms. The smallest absolute Gasteiger partial charge is 0.239 e. The summed E-state index contributed by atoms with van der Waals surface area (Å²) in [5.74, 6) is -0.501. The molecule has 0 bridgehead atoms. The quantitative estimate of drug-likeness (QED) is 0.658. The fraction of sp³-hybridized carbons (Fsp3) is 0.833. The van der Waals surface area contributed by atoms with E-state index in [1.807, 2.05) is 0 Å². The molecule has 1 fully saturated rings. The fourth-order valence-electron chi connectivity index (χ4n) is 2.34. The van der Waals surface area contributed by atoms with Gasteiger partial charge in [-0.05, 0) is 19.8 Å². The van der Waals surface area contributed by atoms with E-state index in [1.165, 1.54) is 0 Å². The van der Waals surface area contributed by atoms with Gasteiger partial charge in [0.25, 0.3) is 0 Å². The first kappa shape index (κ1) is 16.9. The molecule has 2 atom stereocenters. The molecule has 0 aromatic rings. The highest BCUT2D eigenvalue weighted by molar-refractivity contribution is 7.90. The van der Waals surface area contributed by atoms with Crippen LogP contribution in [0.25, 0.3) is 0 Å². The lowest BCUT2D eigenvalue weighted by Gasteiger charge is -2.24. The average molecular weight is 305 g/mol. The molecule has 0 aromatic carbocycles. The van der Waals surface area contributed by atoms with Gasteiger partial charge in [0.1, 0.15) is 9.84 Å². The van der Waals surface area contributed by atoms with Crippen LogP contribution in [0.2, 0.25) is 0 Å². The zero-order chi connectivity index (χ0) is 15.6. The van der Waals surface area contributed by atoms with Gasteiger partial charge in [0.2, 0.25) is 11.8 Å². The van der Waals surface area contributed by atoms with E-state index < -0.39 is 21.3 Å². The van der Waals surface area contributed by atoms with Gasteiger partial charge in [0, 0.05) is 26.4 Å². The Balaban J connectivity index is 2.60. The highest BCUT2D eigenvalue weighted by Crippen LogP contribution is 2.30. The van der Waals surface area contributed by atoms with E-state index >= 15 is 0 Å². The average Bonchev–Trinajstić information content (AvgIpc) is 2.77. The van der Waals surface area contributed by atoms with Gasteiger partial charge in [-0.3, -0.25) is 9.59 Å². The minimum atomic E-state index is -3.13. The molecular weight excluding hydrogens is 282 g/mol. The van der Waals surface area contributed by atoms with Crippen LogP contribution < -0.4 is 11.1 Å². The van der Waals surface area contributed by atoms with Crippen LogP contribution in [0.3, 0.4) is 0 Å². The predicted molar refractivity (Wildman–Crippen MR) is 75.7 cm³/mol. The van der Waals surface area contributed by atoms with E-state index in [-0.39, 0.29) is 24.0 Å². The van der Waals surface area contributed by atoms with E-state index in [4.69, 9.17) is 5.73 Å². The summed E-state index contributed by atoms with van der Waals surface area (Å²) in [4.78, 5) is 25.5. The number of sulfone groups is 1. The highest BCUT2D eigenvalue weighted by atomic mass is 32.2. The van der Waals surface area contributed by atoms with Crippen molar-refractivity contribution >= 4 is 21.7 Å². The predicted octanol–water partition coefficient (Wildman–Crippen LogP) is -1.27. The SMILES string of the molecule is CNC(=O)C1(C)CCN(C(=O)C(N)CCS(C)(=O)=O)C1. The van der Waals surface area contributed by atoms with Crippen LogP contribution in [0, 0.1) is 5.41 Å². The normalized spacial score (nSPS) is 24.5. The molecule has 116 valence electrons. The van der Waals surface area contributed by atoms with Crippen LogP contribution in [0.5, 0.6) is 0 Å².